The number of alkyl halides is 1. The maximum Gasteiger partial charge on any atom is 0.320 e. The number of carbonyl (C=O) groups excluding carboxylic acids is 2. The molecule has 0 radical (unpaired) electrons. The fourth-order valence-electron chi connectivity index (χ4n) is 7.96. The minimum absolute atomic E-state index is 0.0275. The molecule has 5 saturated heterocycles. The number of hydrazine groups is 2. The van der Waals surface area contributed by atoms with Gasteiger partial charge in [-0.2, -0.15) is 0 Å². The van der Waals surface area contributed by atoms with Crippen molar-refractivity contribution < 1.29 is 18.7 Å². The van der Waals surface area contributed by atoms with E-state index in [9.17, 15) is 9.59 Å². The largest absolute Gasteiger partial charge is 0.376 e. The number of piperazine rings is 1. The number of nitrogens with one attached hydrogen (secondary N) is 5. The van der Waals surface area contributed by atoms with Crippen molar-refractivity contribution in [2.75, 3.05) is 26.2 Å². The second kappa shape index (κ2) is 11.3. The summed E-state index contributed by atoms with van der Waals surface area (Å²) in [6.07, 6.45) is 2.12. The smallest absolute Gasteiger partial charge is 0.320 e. The van der Waals surface area contributed by atoms with Crippen LogP contribution in [-0.4, -0.2) is 113 Å². The van der Waals surface area contributed by atoms with Crippen LogP contribution in [0.1, 0.15) is 47.0 Å². The van der Waals surface area contributed by atoms with Crippen LogP contribution in [0.4, 0.5) is 9.18 Å². The highest BCUT2D eigenvalue weighted by Crippen LogP contribution is 2.39. The molecule has 0 aromatic heterocycles. The molecule has 10 atom stereocenters. The zero-order valence-corrected chi connectivity index (χ0v) is 24.6. The molecule has 13 heteroatoms. The van der Waals surface area contributed by atoms with Gasteiger partial charge >= 0.3 is 6.03 Å². The summed E-state index contributed by atoms with van der Waals surface area (Å²) in [5, 5.41) is 12.4. The van der Waals surface area contributed by atoms with Crippen molar-refractivity contribution in [3.8, 4) is 0 Å². The third-order valence-electron chi connectivity index (χ3n) is 9.95. The topological polar surface area (TPSA) is 116 Å². The highest BCUT2D eigenvalue weighted by molar-refractivity contribution is 5.87. The fourth-order valence-corrected chi connectivity index (χ4v) is 7.96. The first kappa shape index (κ1) is 28.7. The molecule has 3 amide bonds. The zero-order chi connectivity index (χ0) is 29.0. The van der Waals surface area contributed by atoms with E-state index >= 15 is 4.39 Å². The predicted octanol–water partition coefficient (Wildman–Crippen LogP) is 0.386. The first-order valence-electron chi connectivity index (χ1n) is 15.2. The number of hydrogen-bond acceptors (Lipinski definition) is 9. The molecule has 0 aromatic rings. The number of ether oxygens (including phenoxy) is 1. The molecule has 41 heavy (non-hydrogen) atoms. The molecule has 6 aliphatic rings. The Morgan fingerprint density at radius 3 is 2.76 bits per heavy atom. The van der Waals surface area contributed by atoms with Gasteiger partial charge in [0.2, 0.25) is 5.91 Å². The maximum absolute atomic E-state index is 16.2. The van der Waals surface area contributed by atoms with Gasteiger partial charge in [0.1, 0.15) is 12.3 Å². The van der Waals surface area contributed by atoms with Crippen LogP contribution < -0.4 is 26.9 Å². The number of amides is 3. The van der Waals surface area contributed by atoms with Crippen LogP contribution in [-0.2, 0) is 9.53 Å². The van der Waals surface area contributed by atoms with Crippen LogP contribution in [0.3, 0.4) is 0 Å². The van der Waals surface area contributed by atoms with Gasteiger partial charge in [0, 0.05) is 49.8 Å². The molecule has 5 N–H and O–H groups in total. The van der Waals surface area contributed by atoms with Crippen molar-refractivity contribution in [3.05, 3.63) is 24.6 Å². The van der Waals surface area contributed by atoms with Gasteiger partial charge in [-0.05, 0) is 45.2 Å². The van der Waals surface area contributed by atoms with Gasteiger partial charge in [-0.25, -0.2) is 9.18 Å². The van der Waals surface area contributed by atoms with Gasteiger partial charge in [-0.15, -0.1) is 5.53 Å². The van der Waals surface area contributed by atoms with Crippen molar-refractivity contribution in [2.45, 2.75) is 102 Å². The molecular formula is C28H46FN9O3. The molecule has 2 bridgehead atoms. The zero-order valence-electron chi connectivity index (χ0n) is 24.6. The van der Waals surface area contributed by atoms with Crippen molar-refractivity contribution in [3.63, 3.8) is 0 Å². The molecular weight excluding hydrogens is 529 g/mol. The molecule has 6 aliphatic heterocycles. The van der Waals surface area contributed by atoms with Gasteiger partial charge < -0.3 is 30.6 Å². The van der Waals surface area contributed by atoms with Gasteiger partial charge in [-0.3, -0.25) is 20.0 Å². The standard InChI is InChI=1S/C28H46FN9O3/c1-6-22(39)35-13-17(5)36(14-16(35)4)25-19-11-20(29)27-32-26(19)37(28(40)33-25)24-21(7-9-30-23(24)15(2)3)41-10-8-18-12-31-34-38(18)27/h6,12,15-17,19-21,23-27,30-32,34H,1,7-11,13-14H2,2-5H3,(H,33,40). The van der Waals surface area contributed by atoms with E-state index in [1.165, 1.54) is 6.08 Å². The molecule has 0 spiro atoms. The average Bonchev–Trinajstić information content (AvgIpc) is 3.40. The van der Waals surface area contributed by atoms with Crippen LogP contribution in [0, 0.1) is 11.8 Å². The van der Waals surface area contributed by atoms with Crippen molar-refractivity contribution in [2.24, 2.45) is 11.8 Å². The summed E-state index contributed by atoms with van der Waals surface area (Å²) in [6, 6.07) is -0.442. The minimum Gasteiger partial charge on any atom is -0.376 e. The average molecular weight is 576 g/mol. The quantitative estimate of drug-likeness (QED) is 0.305. The van der Waals surface area contributed by atoms with Crippen molar-refractivity contribution >= 4 is 11.9 Å². The second-order valence-electron chi connectivity index (χ2n) is 12.8. The lowest BCUT2D eigenvalue weighted by Crippen LogP contribution is -2.81. The van der Waals surface area contributed by atoms with E-state index in [0.29, 0.717) is 26.1 Å². The van der Waals surface area contributed by atoms with Crippen LogP contribution in [0.5, 0.6) is 0 Å². The molecule has 0 aliphatic carbocycles. The summed E-state index contributed by atoms with van der Waals surface area (Å²) in [7, 11) is 0. The Hall–Kier alpha value is -2.45. The van der Waals surface area contributed by atoms with Gasteiger partial charge in [0.15, 0.2) is 0 Å². The second-order valence-corrected chi connectivity index (χ2v) is 12.8. The van der Waals surface area contributed by atoms with Gasteiger partial charge in [-0.1, -0.05) is 20.4 Å². The lowest BCUT2D eigenvalue weighted by molar-refractivity contribution is -0.138. The summed E-state index contributed by atoms with van der Waals surface area (Å²) in [5.41, 5.74) is 7.05. The summed E-state index contributed by atoms with van der Waals surface area (Å²) in [6.45, 7) is 14.5. The molecule has 12 nitrogen and oxygen atoms in total. The number of hydrogen-bond donors (Lipinski definition) is 5. The molecule has 10 unspecified atom stereocenters. The summed E-state index contributed by atoms with van der Waals surface area (Å²) >= 11 is 0. The highest BCUT2D eigenvalue weighted by Gasteiger charge is 2.57. The van der Waals surface area contributed by atoms with E-state index in [1.54, 1.807) is 0 Å². The number of rotatable bonds is 3. The van der Waals surface area contributed by atoms with E-state index in [-0.39, 0.29) is 66.6 Å². The number of halogens is 1. The summed E-state index contributed by atoms with van der Waals surface area (Å²) in [5.74, 6) is -0.0559. The lowest BCUT2D eigenvalue weighted by atomic mass is 9.81. The number of carbonyl (C=O) groups is 2. The van der Waals surface area contributed by atoms with Crippen LogP contribution in [0.15, 0.2) is 24.6 Å². The Morgan fingerprint density at radius 1 is 1.20 bits per heavy atom. The third kappa shape index (κ3) is 4.99. The highest BCUT2D eigenvalue weighted by atomic mass is 19.1. The molecule has 228 valence electrons. The van der Waals surface area contributed by atoms with E-state index in [4.69, 9.17) is 4.74 Å². The third-order valence-corrected chi connectivity index (χ3v) is 9.95. The first-order valence-corrected chi connectivity index (χ1v) is 15.2. The van der Waals surface area contributed by atoms with Crippen LogP contribution in [0.25, 0.3) is 0 Å². The Balaban J connectivity index is 1.37. The van der Waals surface area contributed by atoms with E-state index in [1.807, 2.05) is 27.9 Å². The monoisotopic (exact) mass is 575 g/mol. The maximum atomic E-state index is 16.2. The molecule has 6 rings (SSSR count). The van der Waals surface area contributed by atoms with E-state index in [0.717, 1.165) is 18.7 Å². The van der Waals surface area contributed by atoms with Crippen molar-refractivity contribution in [1.29, 1.82) is 0 Å². The minimum atomic E-state index is -1.19. The number of fused-ring (bicyclic) bond motifs is 5. The number of nitrogens with zero attached hydrogens (tertiary/aromatic N) is 4. The van der Waals surface area contributed by atoms with Crippen LogP contribution >= 0.6 is 0 Å². The fraction of sp³-hybridized carbons (Fsp3) is 0.786. The Labute approximate surface area is 242 Å². The van der Waals surface area contributed by atoms with Gasteiger partial charge in [0.05, 0.1) is 36.8 Å². The number of urea groups is 1. The molecule has 0 aromatic carbocycles. The molecule has 5 fully saturated rings. The summed E-state index contributed by atoms with van der Waals surface area (Å²) < 4.78 is 22.8. The van der Waals surface area contributed by atoms with Crippen LogP contribution in [0.2, 0.25) is 0 Å². The molecule has 0 saturated carbocycles. The first-order chi connectivity index (χ1) is 19.7. The van der Waals surface area contributed by atoms with Gasteiger partial charge in [0.25, 0.3) is 0 Å². The Kier molecular flexibility index (Phi) is 7.92. The SMILES string of the molecule is C=CC(=O)N1CC(C)N(C2NC(=O)N3C4NC(C(F)CC24)N2NNC=C2CCOC2CCNC(C(C)C)C23)CC1C. The Bertz CT molecular complexity index is 1060. The van der Waals surface area contributed by atoms with E-state index in [2.05, 4.69) is 59.2 Å². The van der Waals surface area contributed by atoms with E-state index < -0.39 is 18.5 Å². The lowest BCUT2D eigenvalue weighted by Gasteiger charge is -2.59. The predicted molar refractivity (Wildman–Crippen MR) is 151 cm³/mol. The number of piperidine rings is 2. The van der Waals surface area contributed by atoms with Crippen molar-refractivity contribution in [1.82, 2.24) is 46.6 Å². The Morgan fingerprint density at radius 2 is 2.00 bits per heavy atom. The molecule has 6 heterocycles. The normalized spacial score (nSPS) is 41.5. The summed E-state index contributed by atoms with van der Waals surface area (Å²) in [4.78, 5) is 32.8.